The van der Waals surface area contributed by atoms with Gasteiger partial charge in [-0.3, -0.25) is 0 Å². The second-order valence-electron chi connectivity index (χ2n) is 3.19. The average Bonchev–Trinajstić information content (AvgIpc) is 2.89. The summed E-state index contributed by atoms with van der Waals surface area (Å²) in [7, 11) is 3.21. The molecule has 0 saturated carbocycles. The molecule has 0 saturated heterocycles. The van der Waals surface area contributed by atoms with Crippen molar-refractivity contribution in [3.05, 3.63) is 36.4 Å². The lowest BCUT2D eigenvalue weighted by Crippen LogP contribution is -1.94. The Morgan fingerprint density at radius 1 is 1.18 bits per heavy atom. The highest BCUT2D eigenvalue weighted by Crippen LogP contribution is 2.23. The highest BCUT2D eigenvalue weighted by Gasteiger charge is 2.02. The number of hydrogen-bond donors (Lipinski definition) is 0. The Balaban J connectivity index is 2.26. The van der Waals surface area contributed by atoms with Gasteiger partial charge >= 0.3 is 0 Å². The van der Waals surface area contributed by atoms with Crippen LogP contribution < -0.4 is 9.47 Å². The molecule has 17 heavy (non-hydrogen) atoms. The minimum atomic E-state index is 0.696. The van der Waals surface area contributed by atoms with Gasteiger partial charge in [0, 0.05) is 11.6 Å². The Kier molecular flexibility index (Phi) is 3.34. The van der Waals surface area contributed by atoms with Gasteiger partial charge in [-0.2, -0.15) is 5.10 Å². The van der Waals surface area contributed by atoms with Gasteiger partial charge in [0.05, 0.1) is 20.4 Å². The van der Waals surface area contributed by atoms with Gasteiger partial charge in [0.15, 0.2) is 0 Å². The minimum absolute atomic E-state index is 0.696. The van der Waals surface area contributed by atoms with Crippen LogP contribution in [0, 0.1) is 0 Å². The maximum atomic E-state index is 5.25. The standard InChI is InChI=1S/C11H12N4O2/c1-16-10-4-3-9(11(5-10)17-2)6-14-15-7-12-13-8-15/h3-8H,1-2H3/b14-6-. The van der Waals surface area contributed by atoms with Gasteiger partial charge in [-0.25, -0.2) is 4.68 Å². The molecule has 0 fully saturated rings. The smallest absolute Gasteiger partial charge is 0.141 e. The number of aromatic nitrogens is 3. The molecule has 0 amide bonds. The van der Waals surface area contributed by atoms with Crippen molar-refractivity contribution >= 4 is 6.21 Å². The molecule has 1 aromatic carbocycles. The first-order valence-electron chi connectivity index (χ1n) is 4.94. The van der Waals surface area contributed by atoms with Crippen LogP contribution in [0.2, 0.25) is 0 Å². The van der Waals surface area contributed by atoms with Crippen LogP contribution >= 0.6 is 0 Å². The Morgan fingerprint density at radius 3 is 2.59 bits per heavy atom. The second kappa shape index (κ2) is 5.11. The van der Waals surface area contributed by atoms with Gasteiger partial charge in [-0.05, 0) is 12.1 Å². The van der Waals surface area contributed by atoms with Gasteiger partial charge in [-0.1, -0.05) is 0 Å². The molecule has 0 unspecified atom stereocenters. The molecule has 6 heteroatoms. The highest BCUT2D eigenvalue weighted by atomic mass is 16.5. The van der Waals surface area contributed by atoms with Crippen LogP contribution in [0.4, 0.5) is 0 Å². The number of nitrogens with zero attached hydrogens (tertiary/aromatic N) is 4. The third-order valence-corrected chi connectivity index (χ3v) is 2.18. The lowest BCUT2D eigenvalue weighted by molar-refractivity contribution is 0.394. The van der Waals surface area contributed by atoms with Gasteiger partial charge in [0.25, 0.3) is 0 Å². The van der Waals surface area contributed by atoms with Crippen molar-refractivity contribution in [1.82, 2.24) is 14.9 Å². The summed E-state index contributed by atoms with van der Waals surface area (Å²) in [6.45, 7) is 0. The molecule has 0 atom stereocenters. The molecule has 0 aliphatic heterocycles. The topological polar surface area (TPSA) is 61.5 Å². The molecule has 0 spiro atoms. The Morgan fingerprint density at radius 2 is 1.94 bits per heavy atom. The molecule has 2 aromatic rings. The van der Waals surface area contributed by atoms with E-state index >= 15 is 0 Å². The molecule has 1 heterocycles. The van der Waals surface area contributed by atoms with Crippen LogP contribution in [0.3, 0.4) is 0 Å². The van der Waals surface area contributed by atoms with Crippen LogP contribution in [-0.2, 0) is 0 Å². The quantitative estimate of drug-likeness (QED) is 0.742. The number of ether oxygens (including phenoxy) is 2. The van der Waals surface area contributed by atoms with Crippen molar-refractivity contribution in [3.8, 4) is 11.5 Å². The molecular weight excluding hydrogens is 220 g/mol. The minimum Gasteiger partial charge on any atom is -0.497 e. The van der Waals surface area contributed by atoms with Crippen molar-refractivity contribution in [2.24, 2.45) is 5.10 Å². The van der Waals surface area contributed by atoms with E-state index in [4.69, 9.17) is 9.47 Å². The molecule has 6 nitrogen and oxygen atoms in total. The van der Waals surface area contributed by atoms with E-state index in [1.807, 2.05) is 12.1 Å². The van der Waals surface area contributed by atoms with Crippen molar-refractivity contribution in [1.29, 1.82) is 0 Å². The summed E-state index contributed by atoms with van der Waals surface area (Å²) in [5, 5.41) is 11.5. The van der Waals surface area contributed by atoms with Crippen molar-refractivity contribution in [2.75, 3.05) is 14.2 Å². The summed E-state index contributed by atoms with van der Waals surface area (Å²) < 4.78 is 11.9. The SMILES string of the molecule is COc1ccc(/C=N\n2cnnc2)c(OC)c1. The first-order chi connectivity index (χ1) is 8.33. The summed E-state index contributed by atoms with van der Waals surface area (Å²) in [4.78, 5) is 0. The van der Waals surface area contributed by atoms with E-state index < -0.39 is 0 Å². The molecular formula is C11H12N4O2. The number of hydrogen-bond acceptors (Lipinski definition) is 5. The van der Waals surface area contributed by atoms with Gasteiger partial charge < -0.3 is 9.47 Å². The highest BCUT2D eigenvalue weighted by molar-refractivity contribution is 5.83. The zero-order valence-electron chi connectivity index (χ0n) is 9.57. The van der Waals surface area contributed by atoms with Crippen LogP contribution in [0.15, 0.2) is 36.0 Å². The van der Waals surface area contributed by atoms with Crippen LogP contribution in [-0.4, -0.2) is 35.3 Å². The fraction of sp³-hybridized carbons (Fsp3) is 0.182. The maximum absolute atomic E-state index is 5.25. The van der Waals surface area contributed by atoms with Gasteiger partial charge in [-0.15, -0.1) is 10.2 Å². The maximum Gasteiger partial charge on any atom is 0.141 e. The molecule has 0 aliphatic carbocycles. The van der Waals surface area contributed by atoms with E-state index in [0.717, 1.165) is 11.3 Å². The zero-order chi connectivity index (χ0) is 12.1. The van der Waals surface area contributed by atoms with Crippen LogP contribution in [0.1, 0.15) is 5.56 Å². The molecule has 0 radical (unpaired) electrons. The zero-order valence-corrected chi connectivity index (χ0v) is 9.57. The fourth-order valence-corrected chi connectivity index (χ4v) is 1.31. The normalized spacial score (nSPS) is 10.7. The predicted molar refractivity (Wildman–Crippen MR) is 62.6 cm³/mol. The van der Waals surface area contributed by atoms with Crippen molar-refractivity contribution in [2.45, 2.75) is 0 Å². The third-order valence-electron chi connectivity index (χ3n) is 2.18. The molecule has 0 N–H and O–H groups in total. The first kappa shape index (κ1) is 11.1. The van der Waals surface area contributed by atoms with E-state index in [2.05, 4.69) is 15.3 Å². The number of methoxy groups -OCH3 is 2. The Labute approximate surface area is 98.5 Å². The number of benzene rings is 1. The van der Waals surface area contributed by atoms with Crippen LogP contribution in [0.25, 0.3) is 0 Å². The fourth-order valence-electron chi connectivity index (χ4n) is 1.31. The summed E-state index contributed by atoms with van der Waals surface area (Å²) >= 11 is 0. The second-order valence-corrected chi connectivity index (χ2v) is 3.19. The summed E-state index contributed by atoms with van der Waals surface area (Å²) in [6, 6.07) is 5.51. The monoisotopic (exact) mass is 232 g/mol. The van der Waals surface area contributed by atoms with E-state index in [1.165, 1.54) is 17.3 Å². The summed E-state index contributed by atoms with van der Waals surface area (Å²) in [5.41, 5.74) is 0.849. The lowest BCUT2D eigenvalue weighted by Gasteiger charge is -2.06. The van der Waals surface area contributed by atoms with Crippen molar-refractivity contribution in [3.63, 3.8) is 0 Å². The Bertz CT molecular complexity index is 508. The molecule has 0 bridgehead atoms. The molecule has 2 rings (SSSR count). The van der Waals surface area contributed by atoms with Crippen LogP contribution in [0.5, 0.6) is 11.5 Å². The van der Waals surface area contributed by atoms with Gasteiger partial charge in [0.1, 0.15) is 24.2 Å². The van der Waals surface area contributed by atoms with E-state index in [9.17, 15) is 0 Å². The summed E-state index contributed by atoms with van der Waals surface area (Å²) in [6.07, 6.45) is 4.68. The third kappa shape index (κ3) is 2.60. The predicted octanol–water partition coefficient (Wildman–Crippen LogP) is 1.18. The van der Waals surface area contributed by atoms with E-state index in [-0.39, 0.29) is 0 Å². The Hall–Kier alpha value is -2.37. The number of rotatable bonds is 4. The first-order valence-corrected chi connectivity index (χ1v) is 4.94. The average molecular weight is 232 g/mol. The van der Waals surface area contributed by atoms with E-state index in [0.29, 0.717) is 5.75 Å². The molecule has 0 aliphatic rings. The lowest BCUT2D eigenvalue weighted by atomic mass is 10.2. The van der Waals surface area contributed by atoms with Gasteiger partial charge in [0.2, 0.25) is 0 Å². The van der Waals surface area contributed by atoms with Crippen molar-refractivity contribution < 1.29 is 9.47 Å². The molecule has 1 aromatic heterocycles. The molecule has 88 valence electrons. The summed E-state index contributed by atoms with van der Waals surface area (Å²) in [5.74, 6) is 1.43. The van der Waals surface area contributed by atoms with E-state index in [1.54, 1.807) is 26.5 Å². The largest absolute Gasteiger partial charge is 0.497 e.